The van der Waals surface area contributed by atoms with E-state index in [-0.39, 0.29) is 16.3 Å². The maximum Gasteiger partial charge on any atom is 0.417 e. The molecule has 0 saturated heterocycles. The number of H-pyrrole nitrogens is 1. The molecule has 5 rings (SSSR count). The summed E-state index contributed by atoms with van der Waals surface area (Å²) in [6.07, 6.45) is 0.00941. The Morgan fingerprint density at radius 3 is 2.28 bits per heavy atom. The van der Waals surface area contributed by atoms with Crippen LogP contribution in [0, 0.1) is 0 Å². The molecule has 5 nitrogen and oxygen atoms in total. The van der Waals surface area contributed by atoms with Crippen LogP contribution < -0.4 is 0 Å². The van der Waals surface area contributed by atoms with Gasteiger partial charge in [-0.3, -0.25) is 4.57 Å². The van der Waals surface area contributed by atoms with Crippen molar-refractivity contribution in [3.8, 4) is 39.6 Å². The highest BCUT2D eigenvalue weighted by Gasteiger charge is 2.34. The van der Waals surface area contributed by atoms with Gasteiger partial charge in [0.05, 0.1) is 16.2 Å². The fraction of sp³-hybridized carbons (Fsp3) is 0.0741. The molecule has 5 aromatic rings. The van der Waals surface area contributed by atoms with Gasteiger partial charge < -0.3 is 4.98 Å². The van der Waals surface area contributed by atoms with Crippen LogP contribution in [-0.4, -0.2) is 29.2 Å². The third kappa shape index (κ3) is 4.57. The Morgan fingerprint density at radius 2 is 1.61 bits per heavy atom. The van der Waals surface area contributed by atoms with Crippen molar-refractivity contribution in [1.82, 2.24) is 14.5 Å². The van der Waals surface area contributed by atoms with Crippen LogP contribution in [0.1, 0.15) is 5.56 Å². The van der Waals surface area contributed by atoms with Crippen LogP contribution >= 0.6 is 0 Å². The Kier molecular flexibility index (Phi) is 5.80. The quantitative estimate of drug-likeness (QED) is 0.291. The fourth-order valence-corrected chi connectivity index (χ4v) is 4.70. The number of hydrogen-bond donors (Lipinski definition) is 1. The largest absolute Gasteiger partial charge is 0.417 e. The number of sulfone groups is 1. The zero-order valence-electron chi connectivity index (χ0n) is 19.0. The molecule has 0 aliphatic rings. The Bertz CT molecular complexity index is 1640. The van der Waals surface area contributed by atoms with Gasteiger partial charge >= 0.3 is 6.18 Å². The topological polar surface area (TPSA) is 67.8 Å². The summed E-state index contributed by atoms with van der Waals surface area (Å²) in [6, 6.07) is 22.7. The van der Waals surface area contributed by atoms with Crippen LogP contribution in [0.4, 0.5) is 13.2 Å². The number of benzene rings is 3. The van der Waals surface area contributed by atoms with Gasteiger partial charge in [-0.2, -0.15) is 13.2 Å². The van der Waals surface area contributed by atoms with Gasteiger partial charge in [0, 0.05) is 29.9 Å². The Hall–Kier alpha value is -4.11. The first-order valence-corrected chi connectivity index (χ1v) is 12.8. The maximum atomic E-state index is 13.8. The standard InChI is InChI=1S/C27H20F3N3O2S/c1-36(34,35)21-7-4-6-19(16-21)18-11-13-20(14-12-18)33-17-25(24-10-5-15-31-24)32-26(33)22-8-2-3-9-23(22)27(28,29)30/h2-17,31H,1H3. The van der Waals surface area contributed by atoms with Crippen molar-refractivity contribution in [2.45, 2.75) is 11.1 Å². The van der Waals surface area contributed by atoms with E-state index >= 15 is 0 Å². The van der Waals surface area contributed by atoms with E-state index in [1.165, 1.54) is 18.2 Å². The molecule has 0 unspecified atom stereocenters. The number of alkyl halides is 3. The number of nitrogens with one attached hydrogen (secondary N) is 1. The average Bonchev–Trinajstić information content (AvgIpc) is 3.54. The third-order valence-electron chi connectivity index (χ3n) is 5.79. The van der Waals surface area contributed by atoms with Crippen LogP contribution in [0.15, 0.2) is 102 Å². The summed E-state index contributed by atoms with van der Waals surface area (Å²) < 4.78 is 66.9. The average molecular weight is 508 g/mol. The second-order valence-corrected chi connectivity index (χ2v) is 10.3. The molecule has 0 atom stereocenters. The van der Waals surface area contributed by atoms with Crippen LogP contribution in [0.5, 0.6) is 0 Å². The van der Waals surface area contributed by atoms with Gasteiger partial charge in [-0.1, -0.05) is 42.5 Å². The van der Waals surface area contributed by atoms with E-state index in [0.717, 1.165) is 17.9 Å². The van der Waals surface area contributed by atoms with Crippen molar-refractivity contribution in [3.05, 3.63) is 103 Å². The highest BCUT2D eigenvalue weighted by atomic mass is 32.2. The molecule has 9 heteroatoms. The lowest BCUT2D eigenvalue weighted by molar-refractivity contribution is -0.137. The lowest BCUT2D eigenvalue weighted by atomic mass is 10.0. The number of halogens is 3. The molecule has 2 aromatic heterocycles. The lowest BCUT2D eigenvalue weighted by Crippen LogP contribution is -2.08. The van der Waals surface area contributed by atoms with Crippen molar-refractivity contribution >= 4 is 9.84 Å². The van der Waals surface area contributed by atoms with Crippen LogP contribution in [0.3, 0.4) is 0 Å². The monoisotopic (exact) mass is 507 g/mol. The summed E-state index contributed by atoms with van der Waals surface area (Å²) in [5.41, 5.74) is 2.45. The van der Waals surface area contributed by atoms with Crippen molar-refractivity contribution in [3.63, 3.8) is 0 Å². The first-order chi connectivity index (χ1) is 17.1. The number of rotatable bonds is 5. The summed E-state index contributed by atoms with van der Waals surface area (Å²) in [6.45, 7) is 0. The van der Waals surface area contributed by atoms with Crippen LogP contribution in [-0.2, 0) is 16.0 Å². The molecule has 0 saturated carbocycles. The minimum atomic E-state index is -4.55. The Morgan fingerprint density at radius 1 is 0.861 bits per heavy atom. The maximum absolute atomic E-state index is 13.8. The van der Waals surface area contributed by atoms with Gasteiger partial charge in [0.25, 0.3) is 0 Å². The molecule has 0 bridgehead atoms. The van der Waals surface area contributed by atoms with E-state index in [4.69, 9.17) is 0 Å². The molecule has 0 spiro atoms. The predicted octanol–water partition coefficient (Wildman–Crippen LogP) is 6.62. The van der Waals surface area contributed by atoms with Gasteiger partial charge in [0.2, 0.25) is 0 Å². The fourth-order valence-electron chi connectivity index (χ4n) is 4.03. The molecule has 36 heavy (non-hydrogen) atoms. The van der Waals surface area contributed by atoms with Gasteiger partial charge in [-0.15, -0.1) is 0 Å². The highest BCUT2D eigenvalue weighted by Crippen LogP contribution is 2.38. The Balaban J connectivity index is 1.63. The minimum absolute atomic E-state index is 0.0345. The number of imidazole rings is 1. The molecule has 0 fully saturated rings. The lowest BCUT2D eigenvalue weighted by Gasteiger charge is -2.14. The number of aromatic nitrogens is 3. The highest BCUT2D eigenvalue weighted by molar-refractivity contribution is 7.90. The van der Waals surface area contributed by atoms with Crippen molar-refractivity contribution in [2.75, 3.05) is 6.26 Å². The first kappa shape index (κ1) is 23.6. The van der Waals surface area contributed by atoms with Crippen LogP contribution in [0.2, 0.25) is 0 Å². The molecular weight excluding hydrogens is 487 g/mol. The number of aromatic amines is 1. The summed E-state index contributed by atoms with van der Waals surface area (Å²) >= 11 is 0. The second-order valence-electron chi connectivity index (χ2n) is 8.29. The van der Waals surface area contributed by atoms with Crippen molar-refractivity contribution in [2.24, 2.45) is 0 Å². The summed E-state index contributed by atoms with van der Waals surface area (Å²) in [7, 11) is -3.36. The van der Waals surface area contributed by atoms with E-state index < -0.39 is 21.6 Å². The molecule has 3 aromatic carbocycles. The number of nitrogens with zero attached hydrogens (tertiary/aromatic N) is 2. The van der Waals surface area contributed by atoms with Gasteiger partial charge in [0.15, 0.2) is 9.84 Å². The van der Waals surface area contributed by atoms with Crippen molar-refractivity contribution < 1.29 is 21.6 Å². The summed E-state index contributed by atoms with van der Waals surface area (Å²) in [5.74, 6) is 0.152. The van der Waals surface area contributed by atoms with Gasteiger partial charge in [-0.25, -0.2) is 13.4 Å². The van der Waals surface area contributed by atoms with E-state index in [9.17, 15) is 21.6 Å². The number of hydrogen-bond acceptors (Lipinski definition) is 3. The van der Waals surface area contributed by atoms with Gasteiger partial charge in [-0.05, 0) is 53.6 Å². The molecular formula is C27H20F3N3O2S. The Labute approximate surface area is 205 Å². The van der Waals surface area contributed by atoms with Crippen LogP contribution in [0.25, 0.3) is 39.6 Å². The van der Waals surface area contributed by atoms with E-state index in [2.05, 4.69) is 9.97 Å². The SMILES string of the molecule is CS(=O)(=O)c1cccc(-c2ccc(-n3cc(-c4ccc[nH]4)nc3-c3ccccc3C(F)(F)F)cc2)c1. The van der Waals surface area contributed by atoms with E-state index in [1.54, 1.807) is 77.6 Å². The first-order valence-electron chi connectivity index (χ1n) is 10.9. The summed E-state index contributed by atoms with van der Waals surface area (Å²) in [4.78, 5) is 7.81. The molecule has 2 heterocycles. The molecule has 0 amide bonds. The molecule has 0 radical (unpaired) electrons. The molecule has 1 N–H and O–H groups in total. The zero-order chi connectivity index (χ0) is 25.5. The molecule has 182 valence electrons. The normalized spacial score (nSPS) is 12.1. The minimum Gasteiger partial charge on any atom is -0.360 e. The summed E-state index contributed by atoms with van der Waals surface area (Å²) in [5, 5.41) is 0. The molecule has 0 aliphatic carbocycles. The smallest absolute Gasteiger partial charge is 0.360 e. The van der Waals surface area contributed by atoms with Crippen molar-refractivity contribution in [1.29, 1.82) is 0 Å². The van der Waals surface area contributed by atoms with E-state index in [1.807, 2.05) is 0 Å². The second kappa shape index (κ2) is 8.83. The third-order valence-corrected chi connectivity index (χ3v) is 6.90. The van der Waals surface area contributed by atoms with E-state index in [0.29, 0.717) is 22.6 Å². The van der Waals surface area contributed by atoms with Gasteiger partial charge in [0.1, 0.15) is 11.5 Å². The molecule has 0 aliphatic heterocycles. The zero-order valence-corrected chi connectivity index (χ0v) is 19.8. The predicted molar refractivity (Wildman–Crippen MR) is 132 cm³/mol.